The van der Waals surface area contributed by atoms with E-state index in [2.05, 4.69) is 5.32 Å². The lowest BCUT2D eigenvalue weighted by Gasteiger charge is -2.30. The summed E-state index contributed by atoms with van der Waals surface area (Å²) >= 11 is 0. The van der Waals surface area contributed by atoms with Gasteiger partial charge in [-0.1, -0.05) is 19.8 Å². The van der Waals surface area contributed by atoms with Gasteiger partial charge in [0.15, 0.2) is 0 Å². The molecule has 90 valence electrons. The Morgan fingerprint density at radius 2 is 2.19 bits per heavy atom. The van der Waals surface area contributed by atoms with Crippen molar-refractivity contribution in [3.05, 3.63) is 0 Å². The average molecular weight is 224 g/mol. The summed E-state index contributed by atoms with van der Waals surface area (Å²) < 4.78 is 0. The highest BCUT2D eigenvalue weighted by Gasteiger charge is 2.34. The molecule has 0 aromatic heterocycles. The van der Waals surface area contributed by atoms with Gasteiger partial charge in [-0.2, -0.15) is 5.26 Å². The van der Waals surface area contributed by atoms with Crippen molar-refractivity contribution in [2.24, 2.45) is 5.41 Å². The topological polar surface area (TPSA) is 73.1 Å². The summed E-state index contributed by atoms with van der Waals surface area (Å²) in [5.74, 6) is -0.261. The molecular formula is C12H20N2O2. The van der Waals surface area contributed by atoms with Crippen LogP contribution in [-0.2, 0) is 4.79 Å². The maximum absolute atomic E-state index is 11.9. The molecule has 0 spiro atoms. The van der Waals surface area contributed by atoms with Gasteiger partial charge < -0.3 is 10.4 Å². The summed E-state index contributed by atoms with van der Waals surface area (Å²) in [5.41, 5.74) is -0.975. The summed E-state index contributed by atoms with van der Waals surface area (Å²) in [4.78, 5) is 11.9. The van der Waals surface area contributed by atoms with Crippen molar-refractivity contribution < 1.29 is 9.90 Å². The average Bonchev–Trinajstić information content (AvgIpc) is 2.31. The molecule has 1 saturated carbocycles. The third kappa shape index (κ3) is 2.73. The van der Waals surface area contributed by atoms with Crippen LogP contribution >= 0.6 is 0 Å². The van der Waals surface area contributed by atoms with Gasteiger partial charge in [-0.05, 0) is 26.2 Å². The smallest absolute Gasteiger partial charge is 0.240 e. The van der Waals surface area contributed by atoms with Crippen LogP contribution in [0.2, 0.25) is 0 Å². The molecule has 4 heteroatoms. The Bertz CT molecular complexity index is 298. The molecule has 0 aliphatic heterocycles. The first-order chi connectivity index (χ1) is 7.53. The van der Waals surface area contributed by atoms with Gasteiger partial charge >= 0.3 is 0 Å². The maximum Gasteiger partial charge on any atom is 0.240 e. The van der Waals surface area contributed by atoms with Crippen molar-refractivity contribution in [3.8, 4) is 6.07 Å². The third-order valence-electron chi connectivity index (χ3n) is 3.50. The SMILES string of the molecule is CCC(C)(C#N)C(=O)NC1CCCCC1O. The zero-order valence-corrected chi connectivity index (χ0v) is 9.99. The minimum absolute atomic E-state index is 0.180. The lowest BCUT2D eigenvalue weighted by Crippen LogP contribution is -2.49. The maximum atomic E-state index is 11.9. The number of nitriles is 1. The first-order valence-corrected chi connectivity index (χ1v) is 5.94. The van der Waals surface area contributed by atoms with E-state index >= 15 is 0 Å². The molecule has 1 rings (SSSR count). The predicted molar refractivity (Wildman–Crippen MR) is 60.4 cm³/mol. The van der Waals surface area contributed by atoms with E-state index in [-0.39, 0.29) is 11.9 Å². The van der Waals surface area contributed by atoms with E-state index in [1.165, 1.54) is 0 Å². The Labute approximate surface area is 96.6 Å². The van der Waals surface area contributed by atoms with Crippen LogP contribution in [0.1, 0.15) is 46.0 Å². The highest BCUT2D eigenvalue weighted by Crippen LogP contribution is 2.23. The molecule has 1 aliphatic rings. The Balaban J connectivity index is 2.60. The molecule has 1 amide bonds. The number of carbonyl (C=O) groups is 1. The van der Waals surface area contributed by atoms with E-state index in [9.17, 15) is 9.90 Å². The number of aliphatic hydroxyl groups excluding tert-OH is 1. The molecule has 3 atom stereocenters. The lowest BCUT2D eigenvalue weighted by molar-refractivity contribution is -0.129. The van der Waals surface area contributed by atoms with E-state index in [4.69, 9.17) is 5.26 Å². The highest BCUT2D eigenvalue weighted by atomic mass is 16.3. The van der Waals surface area contributed by atoms with Crippen LogP contribution in [0.15, 0.2) is 0 Å². The number of carbonyl (C=O) groups excluding carboxylic acids is 1. The molecule has 16 heavy (non-hydrogen) atoms. The van der Waals surface area contributed by atoms with Gasteiger partial charge in [-0.15, -0.1) is 0 Å². The fraction of sp³-hybridized carbons (Fsp3) is 0.833. The van der Waals surface area contributed by atoms with Crippen molar-refractivity contribution in [3.63, 3.8) is 0 Å². The van der Waals surface area contributed by atoms with Crippen molar-refractivity contribution in [2.45, 2.75) is 58.1 Å². The fourth-order valence-corrected chi connectivity index (χ4v) is 1.90. The molecule has 0 heterocycles. The van der Waals surface area contributed by atoms with Gasteiger partial charge in [0.2, 0.25) is 5.91 Å². The van der Waals surface area contributed by atoms with Gasteiger partial charge in [0.1, 0.15) is 5.41 Å². The summed E-state index contributed by atoms with van der Waals surface area (Å²) in [6.07, 6.45) is 3.60. The molecule has 3 unspecified atom stereocenters. The molecule has 1 fully saturated rings. The number of hydrogen-bond acceptors (Lipinski definition) is 3. The Morgan fingerprint density at radius 3 is 2.69 bits per heavy atom. The van der Waals surface area contributed by atoms with Crippen molar-refractivity contribution in [2.75, 3.05) is 0 Å². The van der Waals surface area contributed by atoms with Crippen LogP contribution in [0.5, 0.6) is 0 Å². The van der Waals surface area contributed by atoms with E-state index in [1.54, 1.807) is 6.92 Å². The predicted octanol–water partition coefficient (Wildman–Crippen LogP) is 1.35. The molecule has 1 aliphatic carbocycles. The van der Waals surface area contributed by atoms with Gasteiger partial charge in [0, 0.05) is 0 Å². The number of hydrogen-bond donors (Lipinski definition) is 2. The summed E-state index contributed by atoms with van der Waals surface area (Å²) in [6, 6.07) is 1.86. The van der Waals surface area contributed by atoms with Crippen LogP contribution in [0, 0.1) is 16.7 Å². The molecule has 0 bridgehead atoms. The molecule has 0 aromatic carbocycles. The monoisotopic (exact) mass is 224 g/mol. The summed E-state index contributed by atoms with van der Waals surface area (Å²) in [7, 11) is 0. The van der Waals surface area contributed by atoms with Crippen LogP contribution in [-0.4, -0.2) is 23.2 Å². The highest BCUT2D eigenvalue weighted by molar-refractivity contribution is 5.85. The standard InChI is InChI=1S/C12H20N2O2/c1-3-12(2,8-13)11(16)14-9-6-4-5-7-10(9)15/h9-10,15H,3-7H2,1-2H3,(H,14,16). The van der Waals surface area contributed by atoms with Crippen LogP contribution in [0.4, 0.5) is 0 Å². The third-order valence-corrected chi connectivity index (χ3v) is 3.50. The first kappa shape index (κ1) is 13.0. The van der Waals surface area contributed by atoms with Crippen LogP contribution in [0.25, 0.3) is 0 Å². The Kier molecular flexibility index (Phi) is 4.31. The second kappa shape index (κ2) is 5.31. The fourth-order valence-electron chi connectivity index (χ4n) is 1.90. The van der Waals surface area contributed by atoms with Crippen LogP contribution in [0.3, 0.4) is 0 Å². The number of amides is 1. The van der Waals surface area contributed by atoms with Gasteiger partial charge in [-0.25, -0.2) is 0 Å². The number of aliphatic hydroxyl groups is 1. The van der Waals surface area contributed by atoms with Crippen LogP contribution < -0.4 is 5.32 Å². The van der Waals surface area contributed by atoms with Gasteiger partial charge in [-0.3, -0.25) is 4.79 Å². The van der Waals surface area contributed by atoms with Crippen molar-refractivity contribution in [1.29, 1.82) is 5.26 Å². The minimum Gasteiger partial charge on any atom is -0.391 e. The van der Waals surface area contributed by atoms with Crippen molar-refractivity contribution in [1.82, 2.24) is 5.32 Å². The first-order valence-electron chi connectivity index (χ1n) is 5.94. The molecule has 2 N–H and O–H groups in total. The van der Waals surface area contributed by atoms with Gasteiger partial charge in [0.25, 0.3) is 0 Å². The summed E-state index contributed by atoms with van der Waals surface area (Å²) in [6.45, 7) is 3.46. The van der Waals surface area contributed by atoms with E-state index in [0.717, 1.165) is 25.7 Å². The number of nitrogens with one attached hydrogen (secondary N) is 1. The zero-order valence-electron chi connectivity index (χ0n) is 9.99. The molecule has 0 radical (unpaired) electrons. The molecule has 0 aromatic rings. The summed E-state index contributed by atoms with van der Waals surface area (Å²) in [5, 5.41) is 21.5. The second-order valence-electron chi connectivity index (χ2n) is 4.73. The lowest BCUT2D eigenvalue weighted by atomic mass is 9.86. The molecular weight excluding hydrogens is 204 g/mol. The number of nitrogens with zero attached hydrogens (tertiary/aromatic N) is 1. The quantitative estimate of drug-likeness (QED) is 0.760. The zero-order chi connectivity index (χ0) is 12.2. The molecule has 4 nitrogen and oxygen atoms in total. The Hall–Kier alpha value is -1.08. The van der Waals surface area contributed by atoms with E-state index < -0.39 is 11.5 Å². The minimum atomic E-state index is -0.975. The van der Waals surface area contributed by atoms with E-state index in [1.807, 2.05) is 13.0 Å². The Morgan fingerprint density at radius 1 is 1.56 bits per heavy atom. The van der Waals surface area contributed by atoms with E-state index in [0.29, 0.717) is 6.42 Å². The van der Waals surface area contributed by atoms with Gasteiger partial charge in [0.05, 0.1) is 18.2 Å². The second-order valence-corrected chi connectivity index (χ2v) is 4.73. The number of rotatable bonds is 3. The molecule has 0 saturated heterocycles. The van der Waals surface area contributed by atoms with Crippen molar-refractivity contribution >= 4 is 5.91 Å². The largest absolute Gasteiger partial charge is 0.391 e. The normalized spacial score (nSPS) is 28.9.